The van der Waals surface area contributed by atoms with E-state index in [0.717, 1.165) is 11.1 Å². The van der Waals surface area contributed by atoms with Crippen LogP contribution in [0.15, 0.2) is 48.5 Å². The van der Waals surface area contributed by atoms with Crippen molar-refractivity contribution in [2.24, 2.45) is 5.92 Å². The van der Waals surface area contributed by atoms with Gasteiger partial charge in [0.1, 0.15) is 5.82 Å². The minimum Gasteiger partial charge on any atom is -0.393 e. The minimum absolute atomic E-state index is 0.0694. The van der Waals surface area contributed by atoms with E-state index in [9.17, 15) is 14.3 Å². The number of benzene rings is 2. The van der Waals surface area contributed by atoms with Gasteiger partial charge in [0.15, 0.2) is 0 Å². The lowest BCUT2D eigenvalue weighted by atomic mass is 9.75. The molecule has 3 N–H and O–H groups in total. The molecular weight excluding hydrogens is 309 g/mol. The van der Waals surface area contributed by atoms with Gasteiger partial charge in [0, 0.05) is 5.56 Å². The molecule has 0 aromatic heterocycles. The molecular formula is C19H20FNO3. The van der Waals surface area contributed by atoms with Crippen molar-refractivity contribution in [3.63, 3.8) is 0 Å². The average molecular weight is 329 g/mol. The molecule has 1 fully saturated rings. The fourth-order valence-electron chi connectivity index (χ4n) is 3.03. The van der Waals surface area contributed by atoms with Gasteiger partial charge in [-0.05, 0) is 54.2 Å². The molecule has 0 bridgehead atoms. The Balaban J connectivity index is 1.77. The van der Waals surface area contributed by atoms with E-state index in [1.807, 2.05) is 0 Å². The lowest BCUT2D eigenvalue weighted by Crippen LogP contribution is -2.41. The number of hydrogen-bond donors (Lipinski definition) is 3. The van der Waals surface area contributed by atoms with Crippen molar-refractivity contribution in [3.05, 3.63) is 71.0 Å². The monoisotopic (exact) mass is 329 g/mol. The quantitative estimate of drug-likeness (QED) is 0.790. The van der Waals surface area contributed by atoms with E-state index in [4.69, 9.17) is 5.11 Å². The van der Waals surface area contributed by atoms with Crippen LogP contribution in [0.4, 0.5) is 4.39 Å². The summed E-state index contributed by atoms with van der Waals surface area (Å²) in [7, 11) is 0. The molecule has 0 spiro atoms. The minimum atomic E-state index is -0.335. The van der Waals surface area contributed by atoms with Crippen molar-refractivity contribution in [2.75, 3.05) is 0 Å². The molecule has 0 radical (unpaired) electrons. The number of carbonyl (C=O) groups is 1. The molecule has 4 nitrogen and oxygen atoms in total. The summed E-state index contributed by atoms with van der Waals surface area (Å²) in [5, 5.41) is 21.6. The first-order valence-corrected chi connectivity index (χ1v) is 8.01. The molecule has 1 atom stereocenters. The topological polar surface area (TPSA) is 69.6 Å². The molecule has 0 unspecified atom stereocenters. The maximum Gasteiger partial charge on any atom is 0.251 e. The van der Waals surface area contributed by atoms with Crippen LogP contribution in [0.3, 0.4) is 0 Å². The highest BCUT2D eigenvalue weighted by molar-refractivity contribution is 5.94. The second-order valence-corrected chi connectivity index (χ2v) is 6.24. The van der Waals surface area contributed by atoms with Crippen LogP contribution in [0.2, 0.25) is 0 Å². The van der Waals surface area contributed by atoms with Gasteiger partial charge >= 0.3 is 0 Å². The fraction of sp³-hybridized carbons (Fsp3) is 0.316. The molecule has 2 aromatic carbocycles. The molecule has 1 saturated carbocycles. The molecule has 1 amide bonds. The third-order valence-corrected chi connectivity index (χ3v) is 4.54. The van der Waals surface area contributed by atoms with Gasteiger partial charge < -0.3 is 15.5 Å². The van der Waals surface area contributed by atoms with E-state index in [1.165, 1.54) is 12.1 Å². The molecule has 3 rings (SSSR count). The summed E-state index contributed by atoms with van der Waals surface area (Å²) in [4.78, 5) is 12.5. The van der Waals surface area contributed by atoms with Gasteiger partial charge in [0.2, 0.25) is 0 Å². The van der Waals surface area contributed by atoms with Crippen molar-refractivity contribution in [1.82, 2.24) is 5.32 Å². The van der Waals surface area contributed by atoms with E-state index >= 15 is 0 Å². The molecule has 0 saturated heterocycles. The summed E-state index contributed by atoms with van der Waals surface area (Å²) in [5.41, 5.74) is 2.07. The zero-order valence-electron chi connectivity index (χ0n) is 13.2. The second-order valence-electron chi connectivity index (χ2n) is 6.24. The molecule has 1 aliphatic carbocycles. The first-order valence-electron chi connectivity index (χ1n) is 8.01. The molecule has 0 heterocycles. The number of rotatable bonds is 5. The molecule has 5 heteroatoms. The van der Waals surface area contributed by atoms with Gasteiger partial charge in [-0.3, -0.25) is 4.79 Å². The van der Waals surface area contributed by atoms with Crippen molar-refractivity contribution < 1.29 is 19.4 Å². The summed E-state index contributed by atoms with van der Waals surface area (Å²) in [6.07, 6.45) is 0.899. The summed E-state index contributed by atoms with van der Waals surface area (Å²) < 4.78 is 13.2. The Morgan fingerprint density at radius 2 is 1.75 bits per heavy atom. The third kappa shape index (κ3) is 3.63. The Kier molecular flexibility index (Phi) is 4.92. The predicted molar refractivity (Wildman–Crippen MR) is 87.7 cm³/mol. The second kappa shape index (κ2) is 7.11. The largest absolute Gasteiger partial charge is 0.393 e. The van der Waals surface area contributed by atoms with E-state index in [1.54, 1.807) is 36.4 Å². The Labute approximate surface area is 140 Å². The van der Waals surface area contributed by atoms with Crippen molar-refractivity contribution in [2.45, 2.75) is 31.6 Å². The Hall–Kier alpha value is -2.24. The fourth-order valence-corrected chi connectivity index (χ4v) is 3.03. The van der Waals surface area contributed by atoms with Crippen LogP contribution in [-0.4, -0.2) is 22.2 Å². The third-order valence-electron chi connectivity index (χ3n) is 4.54. The van der Waals surface area contributed by atoms with Crippen molar-refractivity contribution in [1.29, 1.82) is 0 Å². The van der Waals surface area contributed by atoms with Crippen LogP contribution < -0.4 is 5.32 Å². The van der Waals surface area contributed by atoms with Crippen molar-refractivity contribution in [3.8, 4) is 0 Å². The lowest BCUT2D eigenvalue weighted by Gasteiger charge is -2.38. The zero-order valence-corrected chi connectivity index (χ0v) is 13.2. The summed E-state index contributed by atoms with van der Waals surface area (Å²) in [6, 6.07) is 12.6. The molecule has 24 heavy (non-hydrogen) atoms. The van der Waals surface area contributed by atoms with E-state index in [2.05, 4.69) is 5.32 Å². The molecule has 126 valence electrons. The number of aliphatic hydroxyl groups excluding tert-OH is 2. The summed E-state index contributed by atoms with van der Waals surface area (Å²) in [6.45, 7) is -0.0694. The van der Waals surface area contributed by atoms with Gasteiger partial charge in [-0.1, -0.05) is 24.3 Å². The van der Waals surface area contributed by atoms with E-state index < -0.39 is 0 Å². The van der Waals surface area contributed by atoms with Crippen LogP contribution in [0.1, 0.15) is 40.4 Å². The highest BCUT2D eigenvalue weighted by atomic mass is 19.1. The van der Waals surface area contributed by atoms with Crippen LogP contribution >= 0.6 is 0 Å². The molecule has 1 aliphatic rings. The average Bonchev–Trinajstić information content (AvgIpc) is 2.58. The number of amides is 1. The number of halogens is 1. The highest BCUT2D eigenvalue weighted by Gasteiger charge is 2.35. The number of hydrogen-bond acceptors (Lipinski definition) is 3. The van der Waals surface area contributed by atoms with Gasteiger partial charge in [-0.25, -0.2) is 4.39 Å². The Morgan fingerprint density at radius 3 is 2.29 bits per heavy atom. The van der Waals surface area contributed by atoms with Gasteiger partial charge in [0.05, 0.1) is 18.8 Å². The molecule has 2 aromatic rings. The smallest absolute Gasteiger partial charge is 0.251 e. The summed E-state index contributed by atoms with van der Waals surface area (Å²) in [5.74, 6) is -0.418. The SMILES string of the molecule is O=C(N[C@@H](c1ccc(F)cc1)C1CC(O)C1)c1ccc(CO)cc1. The highest BCUT2D eigenvalue weighted by Crippen LogP contribution is 2.38. The maximum atomic E-state index is 13.2. The van der Waals surface area contributed by atoms with E-state index in [-0.39, 0.29) is 36.4 Å². The van der Waals surface area contributed by atoms with Crippen LogP contribution in [0, 0.1) is 11.7 Å². The maximum absolute atomic E-state index is 13.2. The predicted octanol–water partition coefficient (Wildman–Crippen LogP) is 2.56. The van der Waals surface area contributed by atoms with Gasteiger partial charge in [-0.2, -0.15) is 0 Å². The van der Waals surface area contributed by atoms with Crippen LogP contribution in [0.25, 0.3) is 0 Å². The van der Waals surface area contributed by atoms with Gasteiger partial charge in [0.25, 0.3) is 5.91 Å². The lowest BCUT2D eigenvalue weighted by molar-refractivity contribution is 0.0235. The zero-order chi connectivity index (χ0) is 17.1. The number of carbonyl (C=O) groups excluding carboxylic acids is 1. The molecule has 0 aliphatic heterocycles. The standard InChI is InChI=1S/C19H20FNO3/c20-16-7-5-13(6-8-16)18(15-9-17(23)10-15)21-19(24)14-3-1-12(11-22)2-4-14/h1-8,15,17-18,22-23H,9-11H2,(H,21,24)/t15?,17?,18-/m0/s1. The first kappa shape index (κ1) is 16.6. The van der Waals surface area contributed by atoms with E-state index in [0.29, 0.717) is 18.4 Å². The van der Waals surface area contributed by atoms with Crippen LogP contribution in [-0.2, 0) is 6.61 Å². The number of nitrogens with one attached hydrogen (secondary N) is 1. The Bertz CT molecular complexity index is 694. The number of aliphatic hydroxyl groups is 2. The summed E-state index contributed by atoms with van der Waals surface area (Å²) >= 11 is 0. The normalized spacial score (nSPS) is 21.0. The van der Waals surface area contributed by atoms with Gasteiger partial charge in [-0.15, -0.1) is 0 Å². The first-order chi connectivity index (χ1) is 11.6. The van der Waals surface area contributed by atoms with Crippen LogP contribution in [0.5, 0.6) is 0 Å². The Morgan fingerprint density at radius 1 is 1.12 bits per heavy atom. The van der Waals surface area contributed by atoms with Crippen molar-refractivity contribution >= 4 is 5.91 Å².